The lowest BCUT2D eigenvalue weighted by molar-refractivity contribution is -0.138. The minimum absolute atomic E-state index is 0.200. The van der Waals surface area contributed by atoms with Gasteiger partial charge in [-0.15, -0.1) is 0 Å². The van der Waals surface area contributed by atoms with Crippen molar-refractivity contribution in [3.63, 3.8) is 0 Å². The summed E-state index contributed by atoms with van der Waals surface area (Å²) in [6.45, 7) is 5.13. The van der Waals surface area contributed by atoms with E-state index < -0.39 is 5.97 Å². The second kappa shape index (κ2) is 5.91. The molecule has 0 spiro atoms. The van der Waals surface area contributed by atoms with Crippen molar-refractivity contribution in [1.29, 1.82) is 0 Å². The van der Waals surface area contributed by atoms with E-state index in [2.05, 4.69) is 4.98 Å². The summed E-state index contributed by atoms with van der Waals surface area (Å²) in [7, 11) is 0. The molecule has 1 amide bonds. The van der Waals surface area contributed by atoms with Crippen LogP contribution in [0.3, 0.4) is 0 Å². The first-order valence-electron chi connectivity index (χ1n) is 6.79. The fraction of sp³-hybridized carbons (Fsp3) is 0.312. The van der Waals surface area contributed by atoms with Gasteiger partial charge in [0.15, 0.2) is 0 Å². The molecule has 0 aliphatic heterocycles. The van der Waals surface area contributed by atoms with Crippen LogP contribution in [0.2, 0.25) is 0 Å². The zero-order chi connectivity index (χ0) is 15.6. The van der Waals surface area contributed by atoms with Crippen LogP contribution in [0, 0.1) is 6.92 Å². The summed E-state index contributed by atoms with van der Waals surface area (Å²) >= 11 is 0. The van der Waals surface area contributed by atoms with Gasteiger partial charge >= 0.3 is 5.97 Å². The molecule has 0 aliphatic rings. The molecule has 0 bridgehead atoms. The van der Waals surface area contributed by atoms with E-state index in [0.29, 0.717) is 11.1 Å². The minimum atomic E-state index is -1.03. The number of amides is 1. The van der Waals surface area contributed by atoms with Crippen LogP contribution in [-0.2, 0) is 4.79 Å². The van der Waals surface area contributed by atoms with Gasteiger partial charge in [-0.05, 0) is 32.9 Å². The molecule has 1 N–H and O–H groups in total. The van der Waals surface area contributed by atoms with Crippen molar-refractivity contribution in [3.05, 3.63) is 41.6 Å². The van der Waals surface area contributed by atoms with E-state index in [1.807, 2.05) is 25.1 Å². The number of carboxylic acids is 1. The Morgan fingerprint density at radius 2 is 1.95 bits per heavy atom. The molecule has 5 heteroatoms. The Hall–Kier alpha value is -2.43. The summed E-state index contributed by atoms with van der Waals surface area (Å²) in [6.07, 6.45) is 0. The molecule has 0 unspecified atom stereocenters. The van der Waals surface area contributed by atoms with Gasteiger partial charge in [0.05, 0.1) is 11.1 Å². The second-order valence-corrected chi connectivity index (χ2v) is 5.25. The van der Waals surface area contributed by atoms with E-state index >= 15 is 0 Å². The SMILES string of the molecule is Cc1ccc2cccc(C(=O)N(CC(=O)O)C(C)C)c2n1. The second-order valence-electron chi connectivity index (χ2n) is 5.25. The number of aromatic nitrogens is 1. The van der Waals surface area contributed by atoms with Gasteiger partial charge in [0.2, 0.25) is 0 Å². The predicted molar refractivity (Wildman–Crippen MR) is 80.3 cm³/mol. The summed E-state index contributed by atoms with van der Waals surface area (Å²) in [6, 6.07) is 8.95. The molecular weight excluding hydrogens is 268 g/mol. The van der Waals surface area contributed by atoms with Gasteiger partial charge < -0.3 is 10.0 Å². The Kier molecular flexibility index (Phi) is 4.21. The van der Waals surface area contributed by atoms with Crippen molar-refractivity contribution in [2.24, 2.45) is 0 Å². The van der Waals surface area contributed by atoms with Gasteiger partial charge in [0.1, 0.15) is 6.54 Å². The first-order chi connectivity index (χ1) is 9.90. The van der Waals surface area contributed by atoms with E-state index in [0.717, 1.165) is 11.1 Å². The highest BCUT2D eigenvalue weighted by Crippen LogP contribution is 2.19. The highest BCUT2D eigenvalue weighted by Gasteiger charge is 2.23. The van der Waals surface area contributed by atoms with E-state index in [-0.39, 0.29) is 18.5 Å². The van der Waals surface area contributed by atoms with E-state index in [1.165, 1.54) is 4.90 Å². The maximum atomic E-state index is 12.7. The number of aliphatic carboxylic acids is 1. The number of aryl methyl sites for hydroxylation is 1. The van der Waals surface area contributed by atoms with Gasteiger partial charge in [-0.2, -0.15) is 0 Å². The molecule has 2 aromatic rings. The van der Waals surface area contributed by atoms with Crippen molar-refractivity contribution in [3.8, 4) is 0 Å². The monoisotopic (exact) mass is 286 g/mol. The highest BCUT2D eigenvalue weighted by molar-refractivity contribution is 6.06. The molecule has 1 aromatic heterocycles. The fourth-order valence-corrected chi connectivity index (χ4v) is 2.21. The number of para-hydroxylation sites is 1. The fourth-order valence-electron chi connectivity index (χ4n) is 2.21. The van der Waals surface area contributed by atoms with Gasteiger partial charge in [0.25, 0.3) is 5.91 Å². The van der Waals surface area contributed by atoms with Crippen molar-refractivity contribution < 1.29 is 14.7 Å². The number of nitrogens with zero attached hydrogens (tertiary/aromatic N) is 2. The molecule has 0 atom stereocenters. The number of carbonyl (C=O) groups excluding carboxylic acids is 1. The average Bonchev–Trinajstić information content (AvgIpc) is 2.43. The maximum absolute atomic E-state index is 12.7. The minimum Gasteiger partial charge on any atom is -0.480 e. The molecule has 1 heterocycles. The Morgan fingerprint density at radius 3 is 2.57 bits per heavy atom. The molecule has 21 heavy (non-hydrogen) atoms. The lowest BCUT2D eigenvalue weighted by Crippen LogP contribution is -2.40. The number of pyridine rings is 1. The van der Waals surface area contributed by atoms with Crippen molar-refractivity contribution >= 4 is 22.8 Å². The van der Waals surface area contributed by atoms with Crippen LogP contribution >= 0.6 is 0 Å². The Balaban J connectivity index is 2.51. The first kappa shape index (κ1) is 15.0. The van der Waals surface area contributed by atoms with Crippen LogP contribution in [0.4, 0.5) is 0 Å². The van der Waals surface area contributed by atoms with Gasteiger partial charge in [-0.25, -0.2) is 0 Å². The Morgan fingerprint density at radius 1 is 1.24 bits per heavy atom. The number of hydrogen-bond donors (Lipinski definition) is 1. The highest BCUT2D eigenvalue weighted by atomic mass is 16.4. The van der Waals surface area contributed by atoms with Crippen LogP contribution in [0.25, 0.3) is 10.9 Å². The molecular formula is C16H18N2O3. The lowest BCUT2D eigenvalue weighted by Gasteiger charge is -2.25. The Labute approximate surface area is 123 Å². The number of carbonyl (C=O) groups is 2. The Bertz CT molecular complexity index is 695. The third-order valence-corrected chi connectivity index (χ3v) is 3.28. The number of rotatable bonds is 4. The van der Waals surface area contributed by atoms with Crippen molar-refractivity contribution in [2.75, 3.05) is 6.54 Å². The summed E-state index contributed by atoms with van der Waals surface area (Å²) in [4.78, 5) is 29.4. The number of carboxylic acid groups (broad SMARTS) is 1. The molecule has 0 aliphatic carbocycles. The van der Waals surface area contributed by atoms with Gasteiger partial charge in [-0.1, -0.05) is 18.2 Å². The quantitative estimate of drug-likeness (QED) is 0.937. The van der Waals surface area contributed by atoms with Crippen LogP contribution in [-0.4, -0.2) is 39.5 Å². The summed E-state index contributed by atoms with van der Waals surface area (Å²) in [5.41, 5.74) is 1.86. The smallest absolute Gasteiger partial charge is 0.323 e. The topological polar surface area (TPSA) is 70.5 Å². The summed E-state index contributed by atoms with van der Waals surface area (Å²) < 4.78 is 0. The number of benzene rings is 1. The molecule has 0 saturated carbocycles. The van der Waals surface area contributed by atoms with Crippen LogP contribution in [0.15, 0.2) is 30.3 Å². The number of fused-ring (bicyclic) bond motifs is 1. The van der Waals surface area contributed by atoms with Gasteiger partial charge in [0, 0.05) is 17.1 Å². The van der Waals surface area contributed by atoms with Crippen LogP contribution in [0.1, 0.15) is 29.9 Å². The molecule has 0 radical (unpaired) electrons. The first-order valence-corrected chi connectivity index (χ1v) is 6.79. The van der Waals surface area contributed by atoms with Crippen LogP contribution < -0.4 is 0 Å². The van der Waals surface area contributed by atoms with E-state index in [1.54, 1.807) is 26.0 Å². The number of hydrogen-bond acceptors (Lipinski definition) is 3. The predicted octanol–water partition coefficient (Wildman–Crippen LogP) is 2.48. The molecule has 0 saturated heterocycles. The normalized spacial score (nSPS) is 10.9. The molecule has 5 nitrogen and oxygen atoms in total. The molecule has 0 fully saturated rings. The van der Waals surface area contributed by atoms with Crippen molar-refractivity contribution in [2.45, 2.75) is 26.8 Å². The van der Waals surface area contributed by atoms with Crippen LogP contribution in [0.5, 0.6) is 0 Å². The molecule has 1 aromatic carbocycles. The molecule has 110 valence electrons. The molecule has 2 rings (SSSR count). The lowest BCUT2D eigenvalue weighted by atomic mass is 10.1. The maximum Gasteiger partial charge on any atom is 0.323 e. The standard InChI is InChI=1S/C16H18N2O3/c1-10(2)18(9-14(19)20)16(21)13-6-4-5-12-8-7-11(3)17-15(12)13/h4-8,10H,9H2,1-3H3,(H,19,20). The van der Waals surface area contributed by atoms with Gasteiger partial charge in [-0.3, -0.25) is 14.6 Å². The third kappa shape index (κ3) is 3.18. The zero-order valence-electron chi connectivity index (χ0n) is 12.3. The zero-order valence-corrected chi connectivity index (χ0v) is 12.3. The average molecular weight is 286 g/mol. The summed E-state index contributed by atoms with van der Waals surface area (Å²) in [5, 5.41) is 9.84. The van der Waals surface area contributed by atoms with Crippen molar-refractivity contribution in [1.82, 2.24) is 9.88 Å². The third-order valence-electron chi connectivity index (χ3n) is 3.28. The summed E-state index contributed by atoms with van der Waals surface area (Å²) in [5.74, 6) is -1.34. The van der Waals surface area contributed by atoms with E-state index in [9.17, 15) is 9.59 Å². The largest absolute Gasteiger partial charge is 0.480 e. The van der Waals surface area contributed by atoms with E-state index in [4.69, 9.17) is 5.11 Å².